The Kier molecular flexibility index (Phi) is 7.84. The highest BCUT2D eigenvalue weighted by atomic mass is 35.5. The van der Waals surface area contributed by atoms with Crippen molar-refractivity contribution in [2.45, 2.75) is 25.0 Å². The number of aromatic nitrogens is 2. The molecule has 0 saturated carbocycles. The molecule has 0 radical (unpaired) electrons. The first-order valence-corrected chi connectivity index (χ1v) is 11.1. The van der Waals surface area contributed by atoms with E-state index in [1.165, 1.54) is 17.3 Å². The van der Waals surface area contributed by atoms with Crippen molar-refractivity contribution in [2.24, 2.45) is 0 Å². The maximum absolute atomic E-state index is 12.1. The van der Waals surface area contributed by atoms with Crippen molar-refractivity contribution in [2.75, 3.05) is 25.9 Å². The van der Waals surface area contributed by atoms with E-state index in [1.54, 1.807) is 0 Å². The fourth-order valence-electron chi connectivity index (χ4n) is 2.96. The minimum Gasteiger partial charge on any atom is -0.355 e. The lowest BCUT2D eigenvalue weighted by Crippen LogP contribution is -2.29. The van der Waals surface area contributed by atoms with Crippen molar-refractivity contribution in [3.05, 3.63) is 57.6 Å². The number of amides is 1. The zero-order chi connectivity index (χ0) is 20.8. The number of carbonyl (C=O) groups is 1. The summed E-state index contributed by atoms with van der Waals surface area (Å²) in [5.41, 5.74) is 4.21. The van der Waals surface area contributed by atoms with Crippen LogP contribution < -0.4 is 5.32 Å². The van der Waals surface area contributed by atoms with Crippen molar-refractivity contribution in [1.82, 2.24) is 20.2 Å². The molecule has 0 saturated heterocycles. The molecule has 0 spiro atoms. The molecule has 1 aromatic heterocycles. The molecular formula is C21H24Cl2N4OS. The molecule has 154 valence electrons. The minimum atomic E-state index is 0.0128. The van der Waals surface area contributed by atoms with E-state index in [-0.39, 0.29) is 5.91 Å². The van der Waals surface area contributed by atoms with Gasteiger partial charge in [-0.15, -0.1) is 0 Å². The van der Waals surface area contributed by atoms with E-state index in [4.69, 9.17) is 23.2 Å². The summed E-state index contributed by atoms with van der Waals surface area (Å²) >= 11 is 13.4. The van der Waals surface area contributed by atoms with E-state index in [2.05, 4.69) is 26.3 Å². The summed E-state index contributed by atoms with van der Waals surface area (Å²) in [7, 11) is 2.05. The number of nitrogens with one attached hydrogen (secondary N) is 2. The van der Waals surface area contributed by atoms with Crippen molar-refractivity contribution >= 4 is 51.9 Å². The molecule has 0 aliphatic rings. The lowest BCUT2D eigenvalue weighted by atomic mass is 10.2. The second-order valence-corrected chi connectivity index (χ2v) is 8.82. The number of nitrogens with zero attached hydrogens (tertiary/aromatic N) is 2. The van der Waals surface area contributed by atoms with Gasteiger partial charge in [-0.05, 0) is 62.3 Å². The summed E-state index contributed by atoms with van der Waals surface area (Å²) in [6.45, 7) is 4.34. The highest BCUT2D eigenvalue weighted by Gasteiger charge is 2.08. The van der Waals surface area contributed by atoms with Gasteiger partial charge in [0.05, 0.1) is 26.8 Å². The van der Waals surface area contributed by atoms with Crippen LogP contribution in [0.1, 0.15) is 17.5 Å². The first-order chi connectivity index (χ1) is 13.9. The zero-order valence-corrected chi connectivity index (χ0v) is 18.8. The van der Waals surface area contributed by atoms with Crippen LogP contribution in [0.5, 0.6) is 0 Å². The summed E-state index contributed by atoms with van der Waals surface area (Å²) in [6.07, 6.45) is 0.873. The average Bonchev–Trinajstić information content (AvgIpc) is 3.08. The largest absolute Gasteiger partial charge is 0.355 e. The average molecular weight is 451 g/mol. The monoisotopic (exact) mass is 450 g/mol. The third-order valence-corrected chi connectivity index (χ3v) is 6.04. The normalized spacial score (nSPS) is 11.3. The Bertz CT molecular complexity index is 992. The SMILES string of the molecule is Cc1ccc2nc(SCC(=O)NCCCN(C)Cc3ccc(Cl)c(Cl)c3)[nH]c2c1. The van der Waals surface area contributed by atoms with E-state index in [9.17, 15) is 4.79 Å². The van der Waals surface area contributed by atoms with E-state index in [0.29, 0.717) is 22.3 Å². The fraction of sp³-hybridized carbons (Fsp3) is 0.333. The summed E-state index contributed by atoms with van der Waals surface area (Å²) in [5.74, 6) is 0.358. The van der Waals surface area contributed by atoms with Gasteiger partial charge >= 0.3 is 0 Å². The number of imidazole rings is 1. The number of halogens is 2. The summed E-state index contributed by atoms with van der Waals surface area (Å²) in [6, 6.07) is 11.7. The van der Waals surface area contributed by atoms with Gasteiger partial charge in [0.25, 0.3) is 0 Å². The molecule has 29 heavy (non-hydrogen) atoms. The van der Waals surface area contributed by atoms with Gasteiger partial charge in [0.2, 0.25) is 5.91 Å². The Morgan fingerprint density at radius 2 is 2.03 bits per heavy atom. The number of aryl methyl sites for hydroxylation is 1. The van der Waals surface area contributed by atoms with Crippen molar-refractivity contribution in [3.8, 4) is 0 Å². The van der Waals surface area contributed by atoms with Crippen LogP contribution in [0.3, 0.4) is 0 Å². The maximum Gasteiger partial charge on any atom is 0.230 e. The fourth-order valence-corrected chi connectivity index (χ4v) is 3.99. The maximum atomic E-state index is 12.1. The predicted molar refractivity (Wildman–Crippen MR) is 122 cm³/mol. The number of benzene rings is 2. The molecule has 2 aromatic carbocycles. The van der Waals surface area contributed by atoms with E-state index in [0.717, 1.165) is 41.3 Å². The molecule has 0 atom stereocenters. The third kappa shape index (κ3) is 6.64. The van der Waals surface area contributed by atoms with Crippen molar-refractivity contribution in [1.29, 1.82) is 0 Å². The van der Waals surface area contributed by atoms with Crippen LogP contribution in [-0.4, -0.2) is 46.7 Å². The van der Waals surface area contributed by atoms with Gasteiger partial charge in [-0.25, -0.2) is 4.98 Å². The number of carbonyl (C=O) groups excluding carboxylic acids is 1. The molecule has 0 bridgehead atoms. The Morgan fingerprint density at radius 3 is 2.83 bits per heavy atom. The standard InChI is InChI=1S/C21H24Cl2N4OS/c1-14-4-7-18-19(10-14)26-21(25-18)29-13-20(28)24-8-3-9-27(2)12-15-5-6-16(22)17(23)11-15/h4-7,10-11H,3,8-9,12-13H2,1-2H3,(H,24,28)(H,25,26). The lowest BCUT2D eigenvalue weighted by Gasteiger charge is -2.17. The van der Waals surface area contributed by atoms with Gasteiger partial charge in [0.1, 0.15) is 0 Å². The highest BCUT2D eigenvalue weighted by Crippen LogP contribution is 2.23. The van der Waals surface area contributed by atoms with Crippen LogP contribution in [0.4, 0.5) is 0 Å². The highest BCUT2D eigenvalue weighted by molar-refractivity contribution is 7.99. The topological polar surface area (TPSA) is 61.0 Å². The smallest absolute Gasteiger partial charge is 0.230 e. The summed E-state index contributed by atoms with van der Waals surface area (Å²) in [4.78, 5) is 22.0. The van der Waals surface area contributed by atoms with E-state index < -0.39 is 0 Å². The molecule has 0 aliphatic carbocycles. The van der Waals surface area contributed by atoms with Crippen LogP contribution in [0, 0.1) is 6.92 Å². The molecule has 1 heterocycles. The van der Waals surface area contributed by atoms with Crippen LogP contribution >= 0.6 is 35.0 Å². The van der Waals surface area contributed by atoms with Crippen molar-refractivity contribution < 1.29 is 4.79 Å². The molecule has 5 nitrogen and oxygen atoms in total. The minimum absolute atomic E-state index is 0.0128. The summed E-state index contributed by atoms with van der Waals surface area (Å²) in [5, 5.41) is 4.87. The van der Waals surface area contributed by atoms with Crippen LogP contribution in [0.2, 0.25) is 10.0 Å². The second-order valence-electron chi connectivity index (χ2n) is 7.04. The lowest BCUT2D eigenvalue weighted by molar-refractivity contribution is -0.118. The first-order valence-electron chi connectivity index (χ1n) is 9.39. The molecule has 0 fully saturated rings. The van der Waals surface area contributed by atoms with Gasteiger partial charge in [-0.2, -0.15) is 0 Å². The van der Waals surface area contributed by atoms with Gasteiger partial charge < -0.3 is 15.2 Å². The van der Waals surface area contributed by atoms with Gasteiger partial charge in [-0.3, -0.25) is 4.79 Å². The van der Waals surface area contributed by atoms with Crippen molar-refractivity contribution in [3.63, 3.8) is 0 Å². The Hall–Kier alpha value is -1.73. The van der Waals surface area contributed by atoms with Crippen LogP contribution in [0.25, 0.3) is 11.0 Å². The molecule has 3 rings (SSSR count). The molecule has 1 amide bonds. The zero-order valence-electron chi connectivity index (χ0n) is 16.5. The summed E-state index contributed by atoms with van der Waals surface area (Å²) < 4.78 is 0. The second kappa shape index (κ2) is 10.3. The number of hydrogen-bond donors (Lipinski definition) is 2. The Morgan fingerprint density at radius 1 is 1.21 bits per heavy atom. The molecular weight excluding hydrogens is 427 g/mol. The number of aromatic amines is 1. The van der Waals surface area contributed by atoms with Gasteiger partial charge in [0, 0.05) is 13.1 Å². The first kappa shape index (κ1) is 22.0. The Balaban J connectivity index is 1.34. The van der Waals surface area contributed by atoms with E-state index >= 15 is 0 Å². The number of fused-ring (bicyclic) bond motifs is 1. The molecule has 0 unspecified atom stereocenters. The molecule has 2 N–H and O–H groups in total. The van der Waals surface area contributed by atoms with E-state index in [1.807, 2.05) is 44.3 Å². The third-order valence-electron chi connectivity index (χ3n) is 4.43. The molecule has 0 aliphatic heterocycles. The van der Waals surface area contributed by atoms with Crippen LogP contribution in [0.15, 0.2) is 41.6 Å². The quantitative estimate of drug-likeness (QED) is 0.359. The number of thioether (sulfide) groups is 1. The molecule has 8 heteroatoms. The number of rotatable bonds is 9. The van der Waals surface area contributed by atoms with Gasteiger partial charge in [-0.1, -0.05) is 47.1 Å². The Labute approximate surface area is 185 Å². The van der Waals surface area contributed by atoms with Crippen LogP contribution in [-0.2, 0) is 11.3 Å². The predicted octanol–water partition coefficient (Wildman–Crippen LogP) is 4.91. The number of hydrogen-bond acceptors (Lipinski definition) is 4. The molecule has 3 aromatic rings. The van der Waals surface area contributed by atoms with Gasteiger partial charge in [0.15, 0.2) is 5.16 Å². The number of H-pyrrole nitrogens is 1.